The van der Waals surface area contributed by atoms with Crippen LogP contribution in [-0.4, -0.2) is 18.4 Å². The van der Waals surface area contributed by atoms with Crippen LogP contribution < -0.4 is 10.5 Å². The van der Waals surface area contributed by atoms with Gasteiger partial charge in [-0.25, -0.2) is 23.5 Å². The third kappa shape index (κ3) is 3.20. The molecule has 0 saturated carbocycles. The summed E-state index contributed by atoms with van der Waals surface area (Å²) in [5.74, 6) is 0.346. The van der Waals surface area contributed by atoms with E-state index in [2.05, 4.69) is 27.4 Å². The minimum Gasteiger partial charge on any atom is -0.324 e. The summed E-state index contributed by atoms with van der Waals surface area (Å²) >= 11 is 0. The summed E-state index contributed by atoms with van der Waals surface area (Å²) in [6, 6.07) is 6.21. The van der Waals surface area contributed by atoms with E-state index in [-0.39, 0.29) is 4.90 Å². The maximum absolute atomic E-state index is 11.1. The number of hydrogen-bond acceptors (Lipinski definition) is 5. The molecule has 1 aromatic heterocycles. The third-order valence-electron chi connectivity index (χ3n) is 3.56. The van der Waals surface area contributed by atoms with Gasteiger partial charge in [0.25, 0.3) is 0 Å². The summed E-state index contributed by atoms with van der Waals surface area (Å²) in [7, 11) is -3.76. The van der Waals surface area contributed by atoms with Gasteiger partial charge in [0.15, 0.2) is 0 Å². The predicted molar refractivity (Wildman–Crippen MR) is 79.8 cm³/mol. The number of nitrogens with one attached hydrogen (secondary N) is 1. The molecule has 0 spiro atoms. The average Bonchev–Trinajstić information content (AvgIpc) is 2.47. The Morgan fingerprint density at radius 1 is 1.05 bits per heavy atom. The van der Waals surface area contributed by atoms with Gasteiger partial charge in [0.05, 0.1) is 12.4 Å². The van der Waals surface area contributed by atoms with Crippen molar-refractivity contribution in [2.45, 2.75) is 30.6 Å². The van der Waals surface area contributed by atoms with Crippen LogP contribution in [0.2, 0.25) is 0 Å². The number of fused-ring (bicyclic) bond motifs is 1. The number of aromatic nitrogens is 2. The molecule has 0 fully saturated rings. The van der Waals surface area contributed by atoms with Gasteiger partial charge in [-0.3, -0.25) is 0 Å². The molecular formula is C14H16N4O2S. The summed E-state index contributed by atoms with van der Waals surface area (Å²) < 4.78 is 22.3. The minimum atomic E-state index is -3.76. The van der Waals surface area contributed by atoms with Crippen molar-refractivity contribution in [3.05, 3.63) is 41.7 Å². The van der Waals surface area contributed by atoms with Gasteiger partial charge in [-0.2, -0.15) is 0 Å². The molecule has 6 nitrogen and oxygen atoms in total. The Balaban J connectivity index is 1.80. The van der Waals surface area contributed by atoms with Crippen molar-refractivity contribution in [1.29, 1.82) is 0 Å². The lowest BCUT2D eigenvalue weighted by atomic mass is 9.91. The SMILES string of the molecule is NS(=O)(=O)c1cnc(Nc2ccc3c(c2)CCCC3)nc1. The second-order valence-electron chi connectivity index (χ2n) is 5.10. The van der Waals surface area contributed by atoms with Crippen LogP contribution in [0.25, 0.3) is 0 Å². The number of primary sulfonamides is 1. The Kier molecular flexibility index (Phi) is 3.60. The molecule has 1 aliphatic carbocycles. The lowest BCUT2D eigenvalue weighted by Crippen LogP contribution is -2.13. The fraction of sp³-hybridized carbons (Fsp3) is 0.286. The quantitative estimate of drug-likeness (QED) is 0.900. The molecule has 3 rings (SSSR count). The zero-order valence-electron chi connectivity index (χ0n) is 11.4. The van der Waals surface area contributed by atoms with Crippen molar-refractivity contribution >= 4 is 21.7 Å². The fourth-order valence-corrected chi connectivity index (χ4v) is 2.87. The van der Waals surface area contributed by atoms with E-state index in [0.29, 0.717) is 5.95 Å². The number of benzene rings is 1. The second kappa shape index (κ2) is 5.42. The molecule has 0 aliphatic heterocycles. The van der Waals surface area contributed by atoms with E-state index in [0.717, 1.165) is 18.5 Å². The summed E-state index contributed by atoms with van der Waals surface area (Å²) in [5.41, 5.74) is 3.66. The Hall–Kier alpha value is -1.99. The highest BCUT2D eigenvalue weighted by molar-refractivity contribution is 7.89. The van der Waals surface area contributed by atoms with E-state index < -0.39 is 10.0 Å². The van der Waals surface area contributed by atoms with Gasteiger partial charge in [0.2, 0.25) is 16.0 Å². The number of anilines is 2. The molecule has 7 heteroatoms. The zero-order chi connectivity index (χ0) is 14.9. The van der Waals surface area contributed by atoms with Crippen molar-refractivity contribution in [3.8, 4) is 0 Å². The van der Waals surface area contributed by atoms with Crippen molar-refractivity contribution in [2.24, 2.45) is 5.14 Å². The van der Waals surface area contributed by atoms with Crippen LogP contribution >= 0.6 is 0 Å². The Morgan fingerprint density at radius 2 is 1.71 bits per heavy atom. The van der Waals surface area contributed by atoms with Gasteiger partial charge in [-0.05, 0) is 48.9 Å². The number of sulfonamides is 1. The van der Waals surface area contributed by atoms with Gasteiger partial charge >= 0.3 is 0 Å². The Labute approximate surface area is 123 Å². The molecule has 0 unspecified atom stereocenters. The topological polar surface area (TPSA) is 98.0 Å². The molecule has 110 valence electrons. The van der Waals surface area contributed by atoms with E-state index in [9.17, 15) is 8.42 Å². The van der Waals surface area contributed by atoms with Gasteiger partial charge < -0.3 is 5.32 Å². The molecule has 3 N–H and O–H groups in total. The lowest BCUT2D eigenvalue weighted by molar-refractivity contribution is 0.597. The standard InChI is InChI=1S/C14H16N4O2S/c15-21(19,20)13-8-16-14(17-9-13)18-12-6-5-10-3-1-2-4-11(10)7-12/h5-9H,1-4H2,(H2,15,19,20)(H,16,17,18). The summed E-state index contributed by atoms with van der Waals surface area (Å²) in [5, 5.41) is 8.08. The first-order chi connectivity index (χ1) is 10.0. The molecule has 0 amide bonds. The van der Waals surface area contributed by atoms with E-state index in [1.165, 1.54) is 36.4 Å². The van der Waals surface area contributed by atoms with Crippen LogP contribution in [0.15, 0.2) is 35.5 Å². The van der Waals surface area contributed by atoms with Gasteiger partial charge in [-0.15, -0.1) is 0 Å². The summed E-state index contributed by atoms with van der Waals surface area (Å²) in [4.78, 5) is 7.84. The maximum Gasteiger partial charge on any atom is 0.241 e. The second-order valence-corrected chi connectivity index (χ2v) is 6.66. The Bertz CT molecular complexity index is 757. The monoisotopic (exact) mass is 304 g/mol. The summed E-state index contributed by atoms with van der Waals surface area (Å²) in [6.45, 7) is 0. The first kappa shape index (κ1) is 14.0. The van der Waals surface area contributed by atoms with Gasteiger partial charge in [0, 0.05) is 5.69 Å². The van der Waals surface area contributed by atoms with E-state index in [1.807, 2.05) is 6.07 Å². The van der Waals surface area contributed by atoms with Gasteiger partial charge in [0.1, 0.15) is 4.90 Å². The first-order valence-corrected chi connectivity index (χ1v) is 8.31. The molecule has 2 aromatic rings. The largest absolute Gasteiger partial charge is 0.324 e. The first-order valence-electron chi connectivity index (χ1n) is 6.76. The Morgan fingerprint density at radius 3 is 2.38 bits per heavy atom. The predicted octanol–water partition coefficient (Wildman–Crippen LogP) is 1.75. The smallest absolute Gasteiger partial charge is 0.241 e. The number of rotatable bonds is 3. The number of nitrogens with zero attached hydrogens (tertiary/aromatic N) is 2. The van der Waals surface area contributed by atoms with Crippen LogP contribution in [0.1, 0.15) is 24.0 Å². The van der Waals surface area contributed by atoms with Crippen molar-refractivity contribution in [1.82, 2.24) is 9.97 Å². The number of nitrogens with two attached hydrogens (primary N) is 1. The molecule has 1 heterocycles. The molecule has 0 bridgehead atoms. The zero-order valence-corrected chi connectivity index (χ0v) is 12.2. The number of hydrogen-bond donors (Lipinski definition) is 2. The molecule has 0 saturated heterocycles. The van der Waals surface area contributed by atoms with Crippen LogP contribution in [0.4, 0.5) is 11.6 Å². The normalized spacial score (nSPS) is 14.5. The van der Waals surface area contributed by atoms with Crippen molar-refractivity contribution < 1.29 is 8.42 Å². The lowest BCUT2D eigenvalue weighted by Gasteiger charge is -2.16. The highest BCUT2D eigenvalue weighted by atomic mass is 32.2. The molecule has 21 heavy (non-hydrogen) atoms. The third-order valence-corrected chi connectivity index (χ3v) is 4.43. The van der Waals surface area contributed by atoms with Crippen LogP contribution in [-0.2, 0) is 22.9 Å². The highest BCUT2D eigenvalue weighted by Crippen LogP contribution is 2.25. The van der Waals surface area contributed by atoms with Crippen LogP contribution in [0, 0.1) is 0 Å². The van der Waals surface area contributed by atoms with Crippen molar-refractivity contribution in [2.75, 3.05) is 5.32 Å². The molecule has 1 aliphatic rings. The molecule has 0 radical (unpaired) electrons. The highest BCUT2D eigenvalue weighted by Gasteiger charge is 2.11. The molecule has 0 atom stereocenters. The average molecular weight is 304 g/mol. The molecule has 1 aromatic carbocycles. The minimum absolute atomic E-state index is 0.0986. The van der Waals surface area contributed by atoms with Crippen molar-refractivity contribution in [3.63, 3.8) is 0 Å². The fourth-order valence-electron chi connectivity index (χ4n) is 2.47. The maximum atomic E-state index is 11.1. The van der Waals surface area contributed by atoms with Crippen LogP contribution in [0.3, 0.4) is 0 Å². The number of aryl methyl sites for hydroxylation is 2. The van der Waals surface area contributed by atoms with E-state index in [4.69, 9.17) is 5.14 Å². The van der Waals surface area contributed by atoms with E-state index in [1.54, 1.807) is 0 Å². The summed E-state index contributed by atoms with van der Waals surface area (Å²) in [6.07, 6.45) is 7.09. The van der Waals surface area contributed by atoms with E-state index >= 15 is 0 Å². The van der Waals surface area contributed by atoms with Crippen LogP contribution in [0.5, 0.6) is 0 Å². The van der Waals surface area contributed by atoms with Gasteiger partial charge in [-0.1, -0.05) is 6.07 Å². The molecular weight excluding hydrogens is 288 g/mol.